The number of halogens is 5. The summed E-state index contributed by atoms with van der Waals surface area (Å²) >= 11 is 2.99. The monoisotopic (exact) mass is 280 g/mol. The molecule has 0 fully saturated rings. The largest absolute Gasteiger partial charge is 0.416 e. The van der Waals surface area contributed by atoms with E-state index in [0.717, 1.165) is 12.1 Å². The minimum atomic E-state index is -4.55. The van der Waals surface area contributed by atoms with E-state index in [4.69, 9.17) is 0 Å². The topological polar surface area (TPSA) is 0 Å². The first-order valence-electron chi connectivity index (χ1n) is 3.86. The zero-order chi connectivity index (χ0) is 11.5. The van der Waals surface area contributed by atoms with Crippen LogP contribution in [0.1, 0.15) is 11.1 Å². The molecule has 0 heterocycles. The number of alkyl halides is 4. The predicted octanol–water partition coefficient (Wildman–Crippen LogP) is 3.59. The Morgan fingerprint density at radius 3 is 2.40 bits per heavy atom. The van der Waals surface area contributed by atoms with Gasteiger partial charge in [-0.05, 0) is 18.2 Å². The van der Waals surface area contributed by atoms with Gasteiger partial charge in [0, 0.05) is 5.56 Å². The molecule has 0 unspecified atom stereocenters. The Morgan fingerprint density at radius 2 is 1.87 bits per heavy atom. The van der Waals surface area contributed by atoms with Crippen molar-refractivity contribution in [3.63, 3.8) is 0 Å². The van der Waals surface area contributed by atoms with Crippen molar-refractivity contribution in [3.8, 4) is 11.8 Å². The fraction of sp³-hybridized carbons (Fsp3) is 0.200. The Balaban J connectivity index is 3.17. The highest BCUT2D eigenvalue weighted by Crippen LogP contribution is 2.30. The van der Waals surface area contributed by atoms with E-state index < -0.39 is 17.6 Å². The molecular weight excluding hydrogens is 276 g/mol. The highest BCUT2D eigenvalue weighted by Gasteiger charge is 2.31. The van der Waals surface area contributed by atoms with Gasteiger partial charge in [-0.15, -0.1) is 0 Å². The fourth-order valence-electron chi connectivity index (χ4n) is 0.961. The van der Waals surface area contributed by atoms with Gasteiger partial charge >= 0.3 is 6.18 Å². The maximum Gasteiger partial charge on any atom is 0.416 e. The van der Waals surface area contributed by atoms with Crippen LogP contribution in [0.3, 0.4) is 0 Å². The van der Waals surface area contributed by atoms with Crippen molar-refractivity contribution < 1.29 is 17.6 Å². The van der Waals surface area contributed by atoms with E-state index in [1.807, 2.05) is 0 Å². The summed E-state index contributed by atoms with van der Waals surface area (Å²) in [6.45, 7) is 0. The molecule has 0 spiro atoms. The van der Waals surface area contributed by atoms with Gasteiger partial charge in [-0.3, -0.25) is 0 Å². The summed E-state index contributed by atoms with van der Waals surface area (Å²) in [5.74, 6) is 3.97. The molecule has 0 saturated carbocycles. The van der Waals surface area contributed by atoms with Crippen molar-refractivity contribution in [2.45, 2.75) is 6.18 Å². The van der Waals surface area contributed by atoms with Gasteiger partial charge in [0.05, 0.1) is 10.9 Å². The molecule has 5 heteroatoms. The van der Waals surface area contributed by atoms with Crippen LogP contribution >= 0.6 is 15.9 Å². The standard InChI is InChI=1S/C10H5BrF4/c11-3-1-2-7-4-8(10(13,14)15)6-9(12)5-7/h4-6H,3H2. The van der Waals surface area contributed by atoms with Crippen LogP contribution in [0.2, 0.25) is 0 Å². The quantitative estimate of drug-likeness (QED) is 0.387. The van der Waals surface area contributed by atoms with Crippen LogP contribution in [-0.2, 0) is 6.18 Å². The zero-order valence-corrected chi connectivity index (χ0v) is 8.91. The van der Waals surface area contributed by atoms with Gasteiger partial charge in [-0.2, -0.15) is 13.2 Å². The van der Waals surface area contributed by atoms with Gasteiger partial charge in [-0.25, -0.2) is 4.39 Å². The molecule has 0 nitrogen and oxygen atoms in total. The Morgan fingerprint density at radius 1 is 1.20 bits per heavy atom. The van der Waals surface area contributed by atoms with Crippen LogP contribution in [0.4, 0.5) is 17.6 Å². The normalized spacial score (nSPS) is 10.7. The van der Waals surface area contributed by atoms with Crippen LogP contribution in [0.25, 0.3) is 0 Å². The molecule has 1 aromatic rings. The van der Waals surface area contributed by atoms with E-state index in [1.54, 1.807) is 0 Å². The molecule has 1 rings (SSSR count). The first kappa shape index (κ1) is 12.1. The van der Waals surface area contributed by atoms with Crippen LogP contribution < -0.4 is 0 Å². The maximum atomic E-state index is 12.8. The minimum Gasteiger partial charge on any atom is -0.207 e. The summed E-state index contributed by atoms with van der Waals surface area (Å²) in [6.07, 6.45) is -4.55. The van der Waals surface area contributed by atoms with Gasteiger partial charge < -0.3 is 0 Å². The number of hydrogen-bond donors (Lipinski definition) is 0. The van der Waals surface area contributed by atoms with E-state index in [0.29, 0.717) is 11.4 Å². The van der Waals surface area contributed by atoms with Gasteiger partial charge in [0.1, 0.15) is 5.82 Å². The second-order valence-corrected chi connectivity index (χ2v) is 3.22. The summed E-state index contributed by atoms with van der Waals surface area (Å²) < 4.78 is 49.5. The first-order chi connectivity index (χ1) is 6.93. The van der Waals surface area contributed by atoms with E-state index in [1.165, 1.54) is 0 Å². The third kappa shape index (κ3) is 3.56. The Kier molecular flexibility index (Phi) is 3.75. The molecule has 0 N–H and O–H groups in total. The summed E-state index contributed by atoms with van der Waals surface area (Å²) in [5, 5.41) is 0.324. The lowest BCUT2D eigenvalue weighted by molar-refractivity contribution is -0.137. The van der Waals surface area contributed by atoms with E-state index in [2.05, 4.69) is 27.8 Å². The number of rotatable bonds is 0. The predicted molar refractivity (Wildman–Crippen MR) is 52.1 cm³/mol. The van der Waals surface area contributed by atoms with E-state index >= 15 is 0 Å². The average Bonchev–Trinajstić information content (AvgIpc) is 2.12. The van der Waals surface area contributed by atoms with Crippen molar-refractivity contribution in [2.75, 3.05) is 5.33 Å². The summed E-state index contributed by atoms with van der Waals surface area (Å²) in [7, 11) is 0. The van der Waals surface area contributed by atoms with E-state index in [-0.39, 0.29) is 5.56 Å². The lowest BCUT2D eigenvalue weighted by Crippen LogP contribution is -2.05. The van der Waals surface area contributed by atoms with Crippen molar-refractivity contribution in [1.82, 2.24) is 0 Å². The molecule has 0 bridgehead atoms. The van der Waals surface area contributed by atoms with Crippen LogP contribution in [-0.4, -0.2) is 5.33 Å². The molecule has 0 aliphatic rings. The molecule has 0 aliphatic carbocycles. The summed E-state index contributed by atoms with van der Waals surface area (Å²) in [4.78, 5) is 0. The second-order valence-electron chi connectivity index (χ2n) is 2.66. The summed E-state index contributed by atoms with van der Waals surface area (Å²) in [5.41, 5.74) is -1.01. The third-order valence-electron chi connectivity index (χ3n) is 1.52. The van der Waals surface area contributed by atoms with Crippen molar-refractivity contribution in [2.24, 2.45) is 0 Å². The number of benzene rings is 1. The molecule has 15 heavy (non-hydrogen) atoms. The van der Waals surface area contributed by atoms with Crippen LogP contribution in [0.15, 0.2) is 18.2 Å². The molecule has 0 aromatic heterocycles. The molecule has 0 aliphatic heterocycles. The lowest BCUT2D eigenvalue weighted by Gasteiger charge is -2.06. The smallest absolute Gasteiger partial charge is 0.207 e. The molecule has 0 saturated heterocycles. The average molecular weight is 281 g/mol. The van der Waals surface area contributed by atoms with Gasteiger partial charge in [0.25, 0.3) is 0 Å². The van der Waals surface area contributed by atoms with Crippen molar-refractivity contribution in [3.05, 3.63) is 35.1 Å². The van der Waals surface area contributed by atoms with Gasteiger partial charge in [-0.1, -0.05) is 27.8 Å². The van der Waals surface area contributed by atoms with Crippen LogP contribution in [0, 0.1) is 17.7 Å². The molecule has 0 amide bonds. The van der Waals surface area contributed by atoms with Crippen molar-refractivity contribution >= 4 is 15.9 Å². The second kappa shape index (κ2) is 4.67. The minimum absolute atomic E-state index is 0.0155. The highest BCUT2D eigenvalue weighted by molar-refractivity contribution is 9.09. The molecule has 80 valence electrons. The fourth-order valence-corrected chi connectivity index (χ4v) is 1.10. The lowest BCUT2D eigenvalue weighted by atomic mass is 10.1. The molecule has 1 aromatic carbocycles. The summed E-state index contributed by atoms with van der Waals surface area (Å²) in [6, 6.07) is 2.23. The number of hydrogen-bond acceptors (Lipinski definition) is 0. The Bertz CT molecular complexity index is 412. The Hall–Kier alpha value is -1.02. The van der Waals surface area contributed by atoms with E-state index in [9.17, 15) is 17.6 Å². The Labute approximate surface area is 92.4 Å². The van der Waals surface area contributed by atoms with Gasteiger partial charge in [0.15, 0.2) is 0 Å². The SMILES string of the molecule is Fc1cc(C#CCBr)cc(C(F)(F)F)c1. The maximum absolute atomic E-state index is 12.8. The highest BCUT2D eigenvalue weighted by atomic mass is 79.9. The molecule has 0 radical (unpaired) electrons. The van der Waals surface area contributed by atoms with Crippen LogP contribution in [0.5, 0.6) is 0 Å². The van der Waals surface area contributed by atoms with Crippen molar-refractivity contribution in [1.29, 1.82) is 0 Å². The first-order valence-corrected chi connectivity index (χ1v) is 4.98. The molecule has 0 atom stereocenters. The molecular formula is C10H5BrF4. The van der Waals surface area contributed by atoms with Gasteiger partial charge in [0.2, 0.25) is 0 Å². The zero-order valence-electron chi connectivity index (χ0n) is 7.33. The third-order valence-corrected chi connectivity index (χ3v) is 1.81.